The molecule has 2 aromatic rings. The summed E-state index contributed by atoms with van der Waals surface area (Å²) in [6.07, 6.45) is 3.06. The third-order valence-electron chi connectivity index (χ3n) is 2.04. The van der Waals surface area contributed by atoms with E-state index in [1.54, 1.807) is 24.3 Å². The van der Waals surface area contributed by atoms with Crippen LogP contribution in [0.4, 0.5) is 5.69 Å². The highest BCUT2D eigenvalue weighted by Gasteiger charge is 2.13. The van der Waals surface area contributed by atoms with Gasteiger partial charge < -0.3 is 9.15 Å². The van der Waals surface area contributed by atoms with Crippen LogP contribution in [-0.2, 0) is 6.61 Å². The molecule has 0 N–H and O–H groups in total. The van der Waals surface area contributed by atoms with Crippen molar-refractivity contribution in [1.82, 2.24) is 0 Å². The topological polar surface area (TPSA) is 65.5 Å². The van der Waals surface area contributed by atoms with Crippen LogP contribution >= 0.6 is 0 Å². The van der Waals surface area contributed by atoms with Gasteiger partial charge in [0, 0.05) is 11.6 Å². The fourth-order valence-electron chi connectivity index (χ4n) is 1.27. The minimum atomic E-state index is -0.468. The summed E-state index contributed by atoms with van der Waals surface area (Å²) in [7, 11) is 0. The minimum absolute atomic E-state index is 0.0361. The summed E-state index contributed by atoms with van der Waals surface area (Å²) in [4.78, 5) is 10.2. The van der Waals surface area contributed by atoms with Crippen LogP contribution in [0.2, 0.25) is 0 Å². The molecule has 1 aromatic carbocycles. The predicted molar refractivity (Wildman–Crippen MR) is 56.1 cm³/mol. The molecule has 2 rings (SSSR count). The third-order valence-corrected chi connectivity index (χ3v) is 2.04. The molecular weight excluding hydrogens is 210 g/mol. The highest BCUT2D eigenvalue weighted by molar-refractivity contribution is 5.45. The van der Waals surface area contributed by atoms with E-state index in [0.29, 0.717) is 0 Å². The van der Waals surface area contributed by atoms with E-state index < -0.39 is 4.92 Å². The lowest BCUT2D eigenvalue weighted by molar-refractivity contribution is -0.385. The van der Waals surface area contributed by atoms with Crippen LogP contribution in [0.25, 0.3) is 0 Å². The molecule has 0 amide bonds. The summed E-state index contributed by atoms with van der Waals surface area (Å²) in [5, 5.41) is 10.7. The lowest BCUT2D eigenvalue weighted by atomic mass is 10.3. The fourth-order valence-corrected chi connectivity index (χ4v) is 1.27. The van der Waals surface area contributed by atoms with E-state index in [-0.39, 0.29) is 18.0 Å². The quantitative estimate of drug-likeness (QED) is 0.585. The van der Waals surface area contributed by atoms with Crippen LogP contribution in [-0.4, -0.2) is 4.92 Å². The van der Waals surface area contributed by atoms with Crippen LogP contribution in [0.1, 0.15) is 5.56 Å². The molecule has 1 aromatic heterocycles. The van der Waals surface area contributed by atoms with E-state index in [4.69, 9.17) is 9.15 Å². The summed E-state index contributed by atoms with van der Waals surface area (Å²) >= 11 is 0. The third kappa shape index (κ3) is 2.20. The number of nitro groups is 1. The number of hydrogen-bond donors (Lipinski definition) is 0. The molecule has 0 aliphatic carbocycles. The average Bonchev–Trinajstić information content (AvgIpc) is 2.79. The first-order chi connectivity index (χ1) is 7.77. The van der Waals surface area contributed by atoms with Crippen molar-refractivity contribution in [2.75, 3.05) is 0 Å². The van der Waals surface area contributed by atoms with Gasteiger partial charge in [-0.15, -0.1) is 0 Å². The van der Waals surface area contributed by atoms with Crippen molar-refractivity contribution in [2.45, 2.75) is 6.61 Å². The van der Waals surface area contributed by atoms with Gasteiger partial charge in [-0.1, -0.05) is 12.1 Å². The van der Waals surface area contributed by atoms with Crippen molar-refractivity contribution in [3.8, 4) is 5.75 Å². The largest absolute Gasteiger partial charge is 0.482 e. The second-order valence-electron chi connectivity index (χ2n) is 3.15. The fraction of sp³-hybridized carbons (Fsp3) is 0.0909. The zero-order valence-electron chi connectivity index (χ0n) is 8.33. The molecule has 82 valence electrons. The molecule has 16 heavy (non-hydrogen) atoms. The summed E-state index contributed by atoms with van der Waals surface area (Å²) < 4.78 is 10.2. The Hall–Kier alpha value is -2.30. The van der Waals surface area contributed by atoms with E-state index in [2.05, 4.69) is 0 Å². The van der Waals surface area contributed by atoms with Gasteiger partial charge in [-0.2, -0.15) is 0 Å². The maximum atomic E-state index is 10.7. The monoisotopic (exact) mass is 219 g/mol. The number of para-hydroxylation sites is 2. The van der Waals surface area contributed by atoms with Gasteiger partial charge >= 0.3 is 5.69 Å². The SMILES string of the molecule is O=[N+]([O-])c1ccccc1OCc1ccoc1. The molecule has 0 unspecified atom stereocenters. The predicted octanol–water partition coefficient (Wildman–Crippen LogP) is 2.77. The maximum Gasteiger partial charge on any atom is 0.310 e. The molecule has 0 atom stereocenters. The molecule has 0 fully saturated rings. The van der Waals surface area contributed by atoms with Gasteiger partial charge in [0.25, 0.3) is 0 Å². The lowest BCUT2D eigenvalue weighted by Crippen LogP contribution is -1.97. The molecule has 0 bridgehead atoms. The van der Waals surface area contributed by atoms with Crippen molar-refractivity contribution < 1.29 is 14.1 Å². The van der Waals surface area contributed by atoms with E-state index in [1.165, 1.54) is 18.6 Å². The van der Waals surface area contributed by atoms with E-state index in [0.717, 1.165) is 5.56 Å². The first-order valence-electron chi connectivity index (χ1n) is 4.64. The van der Waals surface area contributed by atoms with Gasteiger partial charge in [-0.3, -0.25) is 10.1 Å². The molecule has 0 saturated heterocycles. The zero-order chi connectivity index (χ0) is 11.4. The van der Waals surface area contributed by atoms with Gasteiger partial charge in [-0.05, 0) is 12.1 Å². The highest BCUT2D eigenvalue weighted by atomic mass is 16.6. The molecule has 0 aliphatic heterocycles. The van der Waals surface area contributed by atoms with Crippen molar-refractivity contribution >= 4 is 5.69 Å². The number of rotatable bonds is 4. The second-order valence-corrected chi connectivity index (χ2v) is 3.15. The zero-order valence-corrected chi connectivity index (χ0v) is 8.33. The molecule has 0 saturated carbocycles. The smallest absolute Gasteiger partial charge is 0.310 e. The lowest BCUT2D eigenvalue weighted by Gasteiger charge is -2.04. The Bertz CT molecular complexity index is 478. The molecular formula is C11H9NO4. The van der Waals surface area contributed by atoms with E-state index in [9.17, 15) is 10.1 Å². The highest BCUT2D eigenvalue weighted by Crippen LogP contribution is 2.26. The molecule has 5 heteroatoms. The second kappa shape index (κ2) is 4.48. The maximum absolute atomic E-state index is 10.7. The Labute approximate surface area is 91.4 Å². The van der Waals surface area contributed by atoms with Gasteiger partial charge in [0.1, 0.15) is 6.61 Å². The number of nitrogens with zero attached hydrogens (tertiary/aromatic N) is 1. The van der Waals surface area contributed by atoms with Gasteiger partial charge in [-0.25, -0.2) is 0 Å². The summed E-state index contributed by atoms with van der Waals surface area (Å²) in [6, 6.07) is 8.01. The molecule has 0 aliphatic rings. The van der Waals surface area contributed by atoms with E-state index >= 15 is 0 Å². The van der Waals surface area contributed by atoms with Crippen molar-refractivity contribution in [1.29, 1.82) is 0 Å². The van der Waals surface area contributed by atoms with Crippen LogP contribution in [0, 0.1) is 10.1 Å². The van der Waals surface area contributed by atoms with Crippen molar-refractivity contribution in [3.63, 3.8) is 0 Å². The van der Waals surface area contributed by atoms with Crippen LogP contribution in [0.3, 0.4) is 0 Å². The normalized spacial score (nSPS) is 10.0. The van der Waals surface area contributed by atoms with Gasteiger partial charge in [0.2, 0.25) is 0 Å². The van der Waals surface area contributed by atoms with Crippen LogP contribution in [0.5, 0.6) is 5.75 Å². The van der Waals surface area contributed by atoms with E-state index in [1.807, 2.05) is 0 Å². The average molecular weight is 219 g/mol. The first kappa shape index (κ1) is 10.2. The number of nitro benzene ring substituents is 1. The summed E-state index contributed by atoms with van der Waals surface area (Å²) in [5.74, 6) is 0.258. The number of benzene rings is 1. The van der Waals surface area contributed by atoms with Crippen LogP contribution in [0.15, 0.2) is 47.3 Å². The Balaban J connectivity index is 2.12. The molecule has 0 radical (unpaired) electrons. The summed E-state index contributed by atoms with van der Waals surface area (Å²) in [5.41, 5.74) is 0.796. The van der Waals surface area contributed by atoms with Crippen molar-refractivity contribution in [2.24, 2.45) is 0 Å². The van der Waals surface area contributed by atoms with Crippen molar-refractivity contribution in [3.05, 3.63) is 58.5 Å². The molecule has 1 heterocycles. The Morgan fingerprint density at radius 1 is 1.31 bits per heavy atom. The molecule has 0 spiro atoms. The van der Waals surface area contributed by atoms with Gasteiger partial charge in [0.05, 0.1) is 17.4 Å². The standard InChI is InChI=1S/C11H9NO4/c13-12(14)10-3-1-2-4-11(10)16-8-9-5-6-15-7-9/h1-7H,8H2. The number of hydrogen-bond acceptors (Lipinski definition) is 4. The molecule has 5 nitrogen and oxygen atoms in total. The first-order valence-corrected chi connectivity index (χ1v) is 4.64. The Morgan fingerprint density at radius 3 is 2.81 bits per heavy atom. The Morgan fingerprint density at radius 2 is 2.12 bits per heavy atom. The number of furan rings is 1. The van der Waals surface area contributed by atoms with Crippen LogP contribution < -0.4 is 4.74 Å². The summed E-state index contributed by atoms with van der Waals surface area (Å²) in [6.45, 7) is 0.251. The van der Waals surface area contributed by atoms with Gasteiger partial charge in [0.15, 0.2) is 5.75 Å². The minimum Gasteiger partial charge on any atom is -0.482 e. The Kier molecular flexibility index (Phi) is 2.86. The number of ether oxygens (including phenoxy) is 1.